The third-order valence-corrected chi connectivity index (χ3v) is 5.97. The number of unbranched alkanes of at least 4 members (excludes halogenated alkanes) is 12. The van der Waals surface area contributed by atoms with E-state index < -0.39 is 12.1 Å². The molecule has 3 N–H and O–H groups in total. The minimum absolute atomic E-state index is 0.0545. The van der Waals surface area contributed by atoms with Crippen molar-refractivity contribution in [3.8, 4) is 0 Å². The molecule has 4 heteroatoms. The Kier molecular flexibility index (Phi) is 23.6. The number of aliphatic hydroxyl groups is 2. The van der Waals surface area contributed by atoms with E-state index in [0.29, 0.717) is 12.8 Å². The minimum atomic E-state index is -0.655. The number of rotatable bonds is 23. The second-order valence-corrected chi connectivity index (χ2v) is 9.11. The summed E-state index contributed by atoms with van der Waals surface area (Å²) in [6.07, 6.45) is 28.3. The van der Waals surface area contributed by atoms with Crippen LogP contribution < -0.4 is 5.32 Å². The van der Waals surface area contributed by atoms with E-state index in [9.17, 15) is 15.0 Å². The molecule has 0 aliphatic carbocycles. The summed E-state index contributed by atoms with van der Waals surface area (Å²) in [7, 11) is 0. The monoisotopic (exact) mass is 451 g/mol. The lowest BCUT2D eigenvalue weighted by atomic mass is 10.0. The third kappa shape index (κ3) is 20.8. The Morgan fingerprint density at radius 3 is 1.88 bits per heavy atom. The van der Waals surface area contributed by atoms with Crippen LogP contribution in [-0.4, -0.2) is 34.9 Å². The van der Waals surface area contributed by atoms with Crippen molar-refractivity contribution >= 4 is 5.91 Å². The number of hydrogen-bond donors (Lipinski definition) is 3. The van der Waals surface area contributed by atoms with E-state index in [2.05, 4.69) is 43.5 Å². The van der Waals surface area contributed by atoms with Gasteiger partial charge in [-0.05, 0) is 44.9 Å². The Morgan fingerprint density at radius 2 is 1.28 bits per heavy atom. The van der Waals surface area contributed by atoms with E-state index in [0.717, 1.165) is 38.5 Å². The number of carbonyl (C=O) groups excluding carboxylic acids is 1. The van der Waals surface area contributed by atoms with Crippen molar-refractivity contribution < 1.29 is 15.0 Å². The first-order valence-corrected chi connectivity index (χ1v) is 13.5. The number of nitrogens with one attached hydrogen (secondary N) is 1. The molecule has 0 spiro atoms. The molecule has 0 saturated heterocycles. The number of aliphatic hydroxyl groups excluding tert-OH is 2. The van der Waals surface area contributed by atoms with Crippen LogP contribution in [0.2, 0.25) is 0 Å². The smallest absolute Gasteiger partial charge is 0.220 e. The van der Waals surface area contributed by atoms with Crippen LogP contribution in [0.3, 0.4) is 0 Å². The van der Waals surface area contributed by atoms with Gasteiger partial charge in [-0.3, -0.25) is 4.79 Å². The number of amides is 1. The Bertz CT molecular complexity index is 462. The summed E-state index contributed by atoms with van der Waals surface area (Å²) in [6, 6.07) is -0.532. The lowest BCUT2D eigenvalue weighted by Crippen LogP contribution is -2.45. The van der Waals surface area contributed by atoms with Gasteiger partial charge in [0.25, 0.3) is 0 Å². The molecule has 0 rings (SSSR count). The molecule has 0 bridgehead atoms. The predicted octanol–water partition coefficient (Wildman–Crippen LogP) is 7.00. The van der Waals surface area contributed by atoms with Gasteiger partial charge in [0, 0.05) is 6.42 Å². The van der Waals surface area contributed by atoms with Crippen LogP contribution in [0, 0.1) is 0 Å². The summed E-state index contributed by atoms with van der Waals surface area (Å²) >= 11 is 0. The van der Waals surface area contributed by atoms with Crippen molar-refractivity contribution in [2.24, 2.45) is 0 Å². The Hall–Kier alpha value is -1.13. The van der Waals surface area contributed by atoms with Crippen molar-refractivity contribution in [2.45, 2.75) is 142 Å². The van der Waals surface area contributed by atoms with E-state index in [-0.39, 0.29) is 12.5 Å². The summed E-state index contributed by atoms with van der Waals surface area (Å²) in [5.74, 6) is -0.0545. The molecule has 0 fully saturated rings. The van der Waals surface area contributed by atoms with Gasteiger partial charge < -0.3 is 15.5 Å². The fourth-order valence-electron chi connectivity index (χ4n) is 3.80. The first-order valence-electron chi connectivity index (χ1n) is 13.5. The van der Waals surface area contributed by atoms with Crippen LogP contribution in [0.15, 0.2) is 24.3 Å². The lowest BCUT2D eigenvalue weighted by molar-refractivity contribution is -0.123. The Labute approximate surface area is 199 Å². The topological polar surface area (TPSA) is 69.6 Å². The quantitative estimate of drug-likeness (QED) is 0.116. The van der Waals surface area contributed by atoms with Crippen molar-refractivity contribution in [1.82, 2.24) is 5.32 Å². The van der Waals surface area contributed by atoms with E-state index in [4.69, 9.17) is 0 Å². The SMILES string of the molecule is CCCCC/C=C\C/C=C\CCCCCCCCCC(=O)NC(CO)C(O)CCCCC. The fraction of sp³-hybridized carbons (Fsp3) is 0.821. The molecule has 188 valence electrons. The molecule has 2 unspecified atom stereocenters. The molecule has 0 aliphatic rings. The average Bonchev–Trinajstić information content (AvgIpc) is 2.79. The predicted molar refractivity (Wildman–Crippen MR) is 138 cm³/mol. The van der Waals surface area contributed by atoms with Crippen LogP contribution in [0.5, 0.6) is 0 Å². The van der Waals surface area contributed by atoms with Gasteiger partial charge in [-0.2, -0.15) is 0 Å². The normalized spacial score (nSPS) is 13.8. The van der Waals surface area contributed by atoms with Crippen molar-refractivity contribution in [3.05, 3.63) is 24.3 Å². The highest BCUT2D eigenvalue weighted by atomic mass is 16.3. The molecule has 0 aromatic rings. The zero-order chi connectivity index (χ0) is 23.7. The zero-order valence-corrected chi connectivity index (χ0v) is 21.2. The summed E-state index contributed by atoms with van der Waals surface area (Å²) in [5.41, 5.74) is 0. The molecule has 0 heterocycles. The van der Waals surface area contributed by atoms with Gasteiger partial charge in [-0.15, -0.1) is 0 Å². The van der Waals surface area contributed by atoms with Crippen molar-refractivity contribution in [1.29, 1.82) is 0 Å². The lowest BCUT2D eigenvalue weighted by Gasteiger charge is -2.22. The van der Waals surface area contributed by atoms with Crippen molar-refractivity contribution in [3.63, 3.8) is 0 Å². The zero-order valence-electron chi connectivity index (χ0n) is 21.2. The van der Waals surface area contributed by atoms with E-state index >= 15 is 0 Å². The highest BCUT2D eigenvalue weighted by Crippen LogP contribution is 2.11. The summed E-state index contributed by atoms with van der Waals surface area (Å²) in [6.45, 7) is 4.16. The van der Waals surface area contributed by atoms with Gasteiger partial charge in [0.15, 0.2) is 0 Å². The molecule has 32 heavy (non-hydrogen) atoms. The van der Waals surface area contributed by atoms with Gasteiger partial charge in [-0.25, -0.2) is 0 Å². The largest absolute Gasteiger partial charge is 0.394 e. The number of hydrogen-bond acceptors (Lipinski definition) is 3. The van der Waals surface area contributed by atoms with E-state index in [1.54, 1.807) is 0 Å². The second kappa shape index (κ2) is 24.5. The van der Waals surface area contributed by atoms with Crippen LogP contribution in [0.1, 0.15) is 129 Å². The maximum Gasteiger partial charge on any atom is 0.220 e. The molecule has 1 amide bonds. The standard InChI is InChI=1S/C28H53NO3/c1-3-5-7-8-9-10-11-12-13-14-15-16-17-18-19-20-22-24-28(32)29-26(25-30)27(31)23-21-6-4-2/h9-10,12-13,26-27,30-31H,3-8,11,14-25H2,1-2H3,(H,29,32)/b10-9-,13-12-. The Morgan fingerprint density at radius 1 is 0.750 bits per heavy atom. The van der Waals surface area contributed by atoms with E-state index in [1.165, 1.54) is 64.2 Å². The van der Waals surface area contributed by atoms with Crippen LogP contribution in [0.25, 0.3) is 0 Å². The van der Waals surface area contributed by atoms with Crippen LogP contribution >= 0.6 is 0 Å². The molecule has 0 radical (unpaired) electrons. The first-order chi connectivity index (χ1) is 15.7. The number of allylic oxidation sites excluding steroid dienone is 4. The van der Waals surface area contributed by atoms with Gasteiger partial charge in [0.1, 0.15) is 0 Å². The van der Waals surface area contributed by atoms with Crippen LogP contribution in [0.4, 0.5) is 0 Å². The molecule has 2 atom stereocenters. The molecule has 0 aliphatic heterocycles. The van der Waals surface area contributed by atoms with Gasteiger partial charge in [0.05, 0.1) is 18.8 Å². The highest BCUT2D eigenvalue weighted by Gasteiger charge is 2.19. The first kappa shape index (κ1) is 30.9. The average molecular weight is 452 g/mol. The van der Waals surface area contributed by atoms with E-state index in [1.807, 2.05) is 0 Å². The molecule has 4 nitrogen and oxygen atoms in total. The number of carbonyl (C=O) groups is 1. The summed E-state index contributed by atoms with van der Waals surface area (Å²) in [5, 5.41) is 22.4. The molecular formula is C28H53NO3. The maximum atomic E-state index is 12.1. The fourth-order valence-corrected chi connectivity index (χ4v) is 3.80. The molecular weight excluding hydrogens is 398 g/mol. The van der Waals surface area contributed by atoms with Crippen LogP contribution in [-0.2, 0) is 4.79 Å². The maximum absolute atomic E-state index is 12.1. The van der Waals surface area contributed by atoms with Gasteiger partial charge in [-0.1, -0.05) is 102 Å². The second-order valence-electron chi connectivity index (χ2n) is 9.11. The molecule has 0 saturated carbocycles. The summed E-state index contributed by atoms with van der Waals surface area (Å²) < 4.78 is 0. The third-order valence-electron chi connectivity index (χ3n) is 5.97. The van der Waals surface area contributed by atoms with Gasteiger partial charge >= 0.3 is 0 Å². The van der Waals surface area contributed by atoms with Gasteiger partial charge in [0.2, 0.25) is 5.91 Å². The molecule has 0 aromatic carbocycles. The minimum Gasteiger partial charge on any atom is -0.394 e. The Balaban J connectivity index is 3.53. The highest BCUT2D eigenvalue weighted by molar-refractivity contribution is 5.76. The summed E-state index contributed by atoms with van der Waals surface area (Å²) in [4.78, 5) is 12.1. The van der Waals surface area contributed by atoms with Crippen molar-refractivity contribution in [2.75, 3.05) is 6.61 Å². The molecule has 0 aromatic heterocycles.